The number of ketones is 1. The molecule has 0 amide bonds. The molecule has 9 heteroatoms. The first-order valence-corrected chi connectivity index (χ1v) is 16.1. The maximum absolute atomic E-state index is 13.4. The molecule has 36 heavy (non-hydrogen) atoms. The first-order chi connectivity index (χ1) is 17.0. The van der Waals surface area contributed by atoms with Crippen molar-refractivity contribution in [2.24, 2.45) is 17.8 Å². The molecule has 1 aliphatic carbocycles. The summed E-state index contributed by atoms with van der Waals surface area (Å²) in [5.41, 5.74) is 1.65. The zero-order valence-corrected chi connectivity index (χ0v) is 22.2. The van der Waals surface area contributed by atoms with Crippen molar-refractivity contribution in [2.45, 2.75) is 52.0 Å². The van der Waals surface area contributed by atoms with Crippen LogP contribution >= 0.6 is 0 Å². The van der Waals surface area contributed by atoms with E-state index in [1.54, 1.807) is 24.3 Å². The Hall–Kier alpha value is -3.33. The fourth-order valence-electron chi connectivity index (χ4n) is 4.86. The predicted molar refractivity (Wildman–Crippen MR) is 140 cm³/mol. The van der Waals surface area contributed by atoms with Crippen LogP contribution in [0.15, 0.2) is 47.3 Å². The minimum atomic E-state index is -1.41. The normalized spacial score (nSPS) is 19.9. The molecule has 0 bridgehead atoms. The van der Waals surface area contributed by atoms with Crippen molar-refractivity contribution in [3.05, 3.63) is 63.9 Å². The van der Waals surface area contributed by atoms with Gasteiger partial charge < -0.3 is 9.84 Å². The number of carbonyl (C=O) groups is 2. The molecular weight excluding hydrogens is 474 g/mol. The van der Waals surface area contributed by atoms with Gasteiger partial charge in [-0.3, -0.25) is 14.4 Å². The standard InChI is InChI=1S/C27H33N3O5Si/c1-17-5-12-23-22(15-17)26(33)30(29-28-23)16-19-8-11-21(25(32)18-6-9-20(31)10-7-18)24(19)27(34)35-13-14-36(2,3)4/h5-7,9-10,12,15,19,21,24,31H,8,11,13-14,16H2,1-4H3. The van der Waals surface area contributed by atoms with Crippen molar-refractivity contribution in [1.82, 2.24) is 15.0 Å². The van der Waals surface area contributed by atoms with E-state index in [-0.39, 0.29) is 29.6 Å². The minimum Gasteiger partial charge on any atom is -0.508 e. The fraction of sp³-hybridized carbons (Fsp3) is 0.444. The number of phenolic OH excluding ortho intramolecular Hbond substituents is 1. The van der Waals surface area contributed by atoms with Crippen LogP contribution in [0.25, 0.3) is 10.9 Å². The van der Waals surface area contributed by atoms with E-state index in [2.05, 4.69) is 30.0 Å². The lowest BCUT2D eigenvalue weighted by atomic mass is 9.84. The van der Waals surface area contributed by atoms with E-state index >= 15 is 0 Å². The largest absolute Gasteiger partial charge is 0.508 e. The topological polar surface area (TPSA) is 111 Å². The number of carbonyl (C=O) groups excluding carboxylic acids is 2. The molecule has 0 saturated heterocycles. The molecule has 0 radical (unpaired) electrons. The van der Waals surface area contributed by atoms with Crippen molar-refractivity contribution < 1.29 is 19.4 Å². The van der Waals surface area contributed by atoms with Crippen LogP contribution in [0.5, 0.6) is 5.75 Å². The molecule has 8 nitrogen and oxygen atoms in total. The van der Waals surface area contributed by atoms with Gasteiger partial charge >= 0.3 is 5.97 Å². The van der Waals surface area contributed by atoms with Gasteiger partial charge in [-0.1, -0.05) is 36.5 Å². The third-order valence-corrected chi connectivity index (χ3v) is 8.64. The number of hydrogen-bond acceptors (Lipinski definition) is 7. The smallest absolute Gasteiger partial charge is 0.310 e. The second-order valence-electron chi connectivity index (χ2n) is 11.0. The van der Waals surface area contributed by atoms with Crippen molar-refractivity contribution in [1.29, 1.82) is 0 Å². The lowest BCUT2D eigenvalue weighted by Gasteiger charge is -2.24. The highest BCUT2D eigenvalue weighted by atomic mass is 28.3. The number of fused-ring (bicyclic) bond motifs is 1. The summed E-state index contributed by atoms with van der Waals surface area (Å²) in [7, 11) is -1.41. The summed E-state index contributed by atoms with van der Waals surface area (Å²) < 4.78 is 7.01. The quantitative estimate of drug-likeness (QED) is 0.276. The molecule has 1 saturated carbocycles. The zero-order chi connectivity index (χ0) is 26.0. The number of aryl methyl sites for hydroxylation is 1. The van der Waals surface area contributed by atoms with E-state index in [4.69, 9.17) is 4.74 Å². The molecule has 1 fully saturated rings. The van der Waals surface area contributed by atoms with Gasteiger partial charge in [0.2, 0.25) is 0 Å². The molecule has 190 valence electrons. The monoisotopic (exact) mass is 507 g/mol. The first-order valence-electron chi connectivity index (χ1n) is 12.4. The Labute approximate surface area is 211 Å². The molecule has 4 rings (SSSR count). The number of phenols is 1. The first kappa shape index (κ1) is 25.8. The van der Waals surface area contributed by atoms with E-state index in [0.29, 0.717) is 35.9 Å². The van der Waals surface area contributed by atoms with Crippen LogP contribution in [0.4, 0.5) is 0 Å². The number of nitrogens with zero attached hydrogens (tertiary/aromatic N) is 3. The SMILES string of the molecule is Cc1ccc2nnn(CC3CCC(C(=O)c4ccc(O)cc4)C3C(=O)OCC[Si](C)(C)C)c(=O)c2c1. The molecule has 3 aromatic rings. The molecule has 3 unspecified atom stereocenters. The molecule has 1 N–H and O–H groups in total. The summed E-state index contributed by atoms with van der Waals surface area (Å²) in [5.74, 6) is -2.02. The minimum absolute atomic E-state index is 0.0719. The summed E-state index contributed by atoms with van der Waals surface area (Å²) in [4.78, 5) is 39.9. The van der Waals surface area contributed by atoms with Crippen LogP contribution in [0.3, 0.4) is 0 Å². The average molecular weight is 508 g/mol. The predicted octanol–water partition coefficient (Wildman–Crippen LogP) is 4.21. The highest BCUT2D eigenvalue weighted by Gasteiger charge is 2.46. The van der Waals surface area contributed by atoms with E-state index in [9.17, 15) is 19.5 Å². The lowest BCUT2D eigenvalue weighted by molar-refractivity contribution is -0.150. The maximum Gasteiger partial charge on any atom is 0.310 e. The van der Waals surface area contributed by atoms with Gasteiger partial charge in [-0.15, -0.1) is 5.10 Å². The summed E-state index contributed by atoms with van der Waals surface area (Å²) in [6.07, 6.45) is 1.09. The maximum atomic E-state index is 13.4. The fourth-order valence-corrected chi connectivity index (χ4v) is 5.58. The number of benzene rings is 2. The Bertz CT molecular complexity index is 1330. The van der Waals surface area contributed by atoms with Gasteiger partial charge in [-0.2, -0.15) is 0 Å². The summed E-state index contributed by atoms with van der Waals surface area (Å²) in [6, 6.07) is 12.3. The highest BCUT2D eigenvalue weighted by molar-refractivity contribution is 6.76. The van der Waals surface area contributed by atoms with Crippen LogP contribution in [0.2, 0.25) is 25.7 Å². The highest BCUT2D eigenvalue weighted by Crippen LogP contribution is 2.41. The molecule has 0 aliphatic heterocycles. The van der Waals surface area contributed by atoms with E-state index in [1.807, 2.05) is 13.0 Å². The summed E-state index contributed by atoms with van der Waals surface area (Å²) in [6.45, 7) is 9.05. The molecule has 2 aromatic carbocycles. The third kappa shape index (κ3) is 5.72. The molecular formula is C27H33N3O5Si. The molecule has 1 heterocycles. The lowest BCUT2D eigenvalue weighted by Crippen LogP contribution is -2.36. The van der Waals surface area contributed by atoms with E-state index < -0.39 is 25.9 Å². The van der Waals surface area contributed by atoms with Crippen molar-refractivity contribution in [3.8, 4) is 5.75 Å². The number of aromatic nitrogens is 3. The van der Waals surface area contributed by atoms with Gasteiger partial charge in [0.25, 0.3) is 5.56 Å². The Kier molecular flexibility index (Phi) is 7.40. The number of ether oxygens (including phenoxy) is 1. The van der Waals surface area contributed by atoms with Crippen molar-refractivity contribution >= 4 is 30.7 Å². The Morgan fingerprint density at radius 3 is 2.53 bits per heavy atom. The van der Waals surface area contributed by atoms with Gasteiger partial charge in [0.05, 0.1) is 24.5 Å². The zero-order valence-electron chi connectivity index (χ0n) is 21.2. The van der Waals surface area contributed by atoms with Gasteiger partial charge in [0.15, 0.2) is 5.78 Å². The Morgan fingerprint density at radius 1 is 1.11 bits per heavy atom. The molecule has 1 aromatic heterocycles. The number of Topliss-reactive ketones (excluding diaryl/α,β-unsaturated/α-hetero) is 1. The number of hydrogen-bond donors (Lipinski definition) is 1. The summed E-state index contributed by atoms with van der Waals surface area (Å²) >= 11 is 0. The molecule has 0 spiro atoms. The van der Waals surface area contributed by atoms with Crippen LogP contribution in [0, 0.1) is 24.7 Å². The molecule has 3 atom stereocenters. The van der Waals surface area contributed by atoms with Gasteiger partial charge in [0, 0.05) is 19.6 Å². The Morgan fingerprint density at radius 2 is 1.83 bits per heavy atom. The van der Waals surface area contributed by atoms with Gasteiger partial charge in [0.1, 0.15) is 11.3 Å². The second kappa shape index (κ2) is 10.3. The second-order valence-corrected chi connectivity index (χ2v) is 16.6. The van der Waals surface area contributed by atoms with Crippen LogP contribution < -0.4 is 5.56 Å². The number of rotatable bonds is 8. The molecule has 1 aliphatic rings. The van der Waals surface area contributed by atoms with Gasteiger partial charge in [-0.05, 0) is 68.1 Å². The van der Waals surface area contributed by atoms with Crippen LogP contribution in [-0.2, 0) is 16.1 Å². The van der Waals surface area contributed by atoms with Crippen molar-refractivity contribution in [2.75, 3.05) is 6.61 Å². The van der Waals surface area contributed by atoms with Crippen LogP contribution in [0.1, 0.15) is 28.8 Å². The summed E-state index contributed by atoms with van der Waals surface area (Å²) in [5, 5.41) is 18.4. The van der Waals surface area contributed by atoms with E-state index in [1.165, 1.54) is 16.8 Å². The van der Waals surface area contributed by atoms with Crippen molar-refractivity contribution in [3.63, 3.8) is 0 Å². The third-order valence-electron chi connectivity index (χ3n) is 6.93. The van der Waals surface area contributed by atoms with E-state index in [0.717, 1.165) is 11.6 Å². The average Bonchev–Trinajstić information content (AvgIpc) is 3.24. The number of esters is 1. The van der Waals surface area contributed by atoms with Crippen LogP contribution in [-0.4, -0.2) is 46.5 Å². The number of aromatic hydroxyl groups is 1. The van der Waals surface area contributed by atoms with Gasteiger partial charge in [-0.25, -0.2) is 4.68 Å². The Balaban J connectivity index is 1.62.